The van der Waals surface area contributed by atoms with Gasteiger partial charge < -0.3 is 0 Å². The lowest BCUT2D eigenvalue weighted by atomic mass is 10.3. The van der Waals surface area contributed by atoms with Crippen LogP contribution in [0.2, 0.25) is 5.02 Å². The van der Waals surface area contributed by atoms with E-state index in [1.807, 2.05) is 0 Å². The van der Waals surface area contributed by atoms with Crippen LogP contribution in [0.1, 0.15) is 18.4 Å². The quantitative estimate of drug-likeness (QED) is 0.656. The molecular formula is C12H8BrClF2N4OS. The molecule has 0 unspecified atom stereocenters. The molecule has 0 N–H and O–H groups in total. The summed E-state index contributed by atoms with van der Waals surface area (Å²) < 4.78 is 28.8. The molecule has 0 bridgehead atoms. The molecule has 0 aliphatic rings. The molecule has 1 aromatic carbocycles. The van der Waals surface area contributed by atoms with Crippen LogP contribution >= 0.6 is 38.9 Å². The normalized spacial score (nSPS) is 11.7. The maximum Gasteiger partial charge on any atom is 0.335 e. The lowest BCUT2D eigenvalue weighted by Crippen LogP contribution is -2.22. The third kappa shape index (κ3) is 2.37. The van der Waals surface area contributed by atoms with E-state index in [9.17, 15) is 13.6 Å². The maximum absolute atomic E-state index is 12.7. The fourth-order valence-electron chi connectivity index (χ4n) is 2.19. The van der Waals surface area contributed by atoms with Crippen molar-refractivity contribution in [2.75, 3.05) is 0 Å². The van der Waals surface area contributed by atoms with Crippen molar-refractivity contribution in [3.8, 4) is 5.13 Å². The Hall–Kier alpha value is -1.32. The highest BCUT2D eigenvalue weighted by molar-refractivity contribution is 9.10. The van der Waals surface area contributed by atoms with E-state index in [4.69, 9.17) is 11.6 Å². The molecule has 10 heteroatoms. The molecule has 0 saturated heterocycles. The lowest BCUT2D eigenvalue weighted by molar-refractivity contribution is 0.150. The van der Waals surface area contributed by atoms with Crippen molar-refractivity contribution >= 4 is 49.9 Å². The Balaban J connectivity index is 2.38. The molecule has 0 aliphatic heterocycles. The Labute approximate surface area is 140 Å². The summed E-state index contributed by atoms with van der Waals surface area (Å²) in [6.07, 6.45) is -2.73. The average molecular weight is 410 g/mol. The number of alkyl halides is 2. The van der Waals surface area contributed by atoms with Gasteiger partial charge in [0.15, 0.2) is 5.01 Å². The average Bonchev–Trinajstić information content (AvgIpc) is 3.01. The molecule has 0 spiro atoms. The zero-order valence-corrected chi connectivity index (χ0v) is 14.2. The monoisotopic (exact) mass is 408 g/mol. The molecule has 3 rings (SSSR count). The molecular weight excluding hydrogens is 402 g/mol. The van der Waals surface area contributed by atoms with Crippen LogP contribution in [0, 0.1) is 0 Å². The fraction of sp³-hybridized carbons (Fsp3) is 0.250. The highest BCUT2D eigenvalue weighted by Gasteiger charge is 2.21. The van der Waals surface area contributed by atoms with Crippen LogP contribution < -0.4 is 5.69 Å². The maximum atomic E-state index is 12.7. The second kappa shape index (κ2) is 5.71. The number of aromatic nitrogens is 4. The number of imidazole rings is 1. The number of hydrogen-bond donors (Lipinski definition) is 0. The first-order valence-electron chi connectivity index (χ1n) is 6.16. The van der Waals surface area contributed by atoms with E-state index in [0.717, 1.165) is 0 Å². The number of rotatable bonds is 3. The van der Waals surface area contributed by atoms with Gasteiger partial charge in [-0.05, 0) is 19.1 Å². The van der Waals surface area contributed by atoms with Crippen molar-refractivity contribution in [3.63, 3.8) is 0 Å². The summed E-state index contributed by atoms with van der Waals surface area (Å²) in [6, 6.07) is 3.36. The number of fused-ring (bicyclic) bond motifs is 1. The third-order valence-corrected chi connectivity index (χ3v) is 4.73. The van der Waals surface area contributed by atoms with Crippen LogP contribution in [-0.2, 0) is 6.54 Å². The zero-order chi connectivity index (χ0) is 16.0. The molecule has 3 aromatic rings. The number of aryl methyl sites for hydroxylation is 1. The topological polar surface area (TPSA) is 52.7 Å². The van der Waals surface area contributed by atoms with Gasteiger partial charge in [-0.1, -0.05) is 38.9 Å². The summed E-state index contributed by atoms with van der Waals surface area (Å²) in [7, 11) is 0. The predicted molar refractivity (Wildman–Crippen MR) is 84.3 cm³/mol. The van der Waals surface area contributed by atoms with E-state index in [-0.39, 0.29) is 5.13 Å². The van der Waals surface area contributed by atoms with Crippen LogP contribution in [-0.4, -0.2) is 19.3 Å². The number of hydrogen-bond acceptors (Lipinski definition) is 4. The summed E-state index contributed by atoms with van der Waals surface area (Å²) in [6.45, 7) is 2.19. The van der Waals surface area contributed by atoms with Crippen LogP contribution in [0.25, 0.3) is 16.2 Å². The third-order valence-electron chi connectivity index (χ3n) is 3.07. The van der Waals surface area contributed by atoms with Gasteiger partial charge >= 0.3 is 5.69 Å². The van der Waals surface area contributed by atoms with Gasteiger partial charge in [-0.3, -0.25) is 4.57 Å². The van der Waals surface area contributed by atoms with E-state index >= 15 is 0 Å². The van der Waals surface area contributed by atoms with Crippen LogP contribution in [0.15, 0.2) is 21.4 Å². The van der Waals surface area contributed by atoms with Gasteiger partial charge in [-0.2, -0.15) is 0 Å². The smallest absolute Gasteiger partial charge is 0.290 e. The minimum atomic E-state index is -2.73. The standard InChI is InChI=1S/C12H8BrClF2N4OS/c1-2-19-8-6(14)3-5(13)4-7(8)20(12(19)21)11-18-17-10(22-11)9(15)16/h3-4,9H,2H2,1H3. The lowest BCUT2D eigenvalue weighted by Gasteiger charge is -2.01. The van der Waals surface area contributed by atoms with Crippen molar-refractivity contribution in [3.05, 3.63) is 37.1 Å². The first kappa shape index (κ1) is 15.6. The van der Waals surface area contributed by atoms with Crippen molar-refractivity contribution in [2.45, 2.75) is 19.9 Å². The zero-order valence-electron chi connectivity index (χ0n) is 11.1. The molecule has 2 aromatic heterocycles. The van der Waals surface area contributed by atoms with Gasteiger partial charge in [-0.15, -0.1) is 10.2 Å². The van der Waals surface area contributed by atoms with E-state index < -0.39 is 17.1 Å². The molecule has 0 aliphatic carbocycles. The largest absolute Gasteiger partial charge is 0.335 e. The van der Waals surface area contributed by atoms with E-state index in [0.29, 0.717) is 38.4 Å². The first-order chi connectivity index (χ1) is 10.4. The summed E-state index contributed by atoms with van der Waals surface area (Å²) in [4.78, 5) is 12.6. The Bertz CT molecular complexity index is 920. The Kier molecular flexibility index (Phi) is 4.04. The minimum absolute atomic E-state index is 0.0895. The second-order valence-corrected chi connectivity index (χ2v) is 6.65. The molecule has 2 heterocycles. The van der Waals surface area contributed by atoms with Gasteiger partial charge in [0.2, 0.25) is 5.13 Å². The summed E-state index contributed by atoms with van der Waals surface area (Å²) in [5.74, 6) is 0. The highest BCUT2D eigenvalue weighted by Crippen LogP contribution is 2.31. The summed E-state index contributed by atoms with van der Waals surface area (Å²) >= 11 is 10.2. The molecule has 22 heavy (non-hydrogen) atoms. The van der Waals surface area contributed by atoms with Crippen molar-refractivity contribution in [2.24, 2.45) is 0 Å². The Morgan fingerprint density at radius 1 is 1.41 bits per heavy atom. The van der Waals surface area contributed by atoms with Gasteiger partial charge in [0.05, 0.1) is 16.1 Å². The number of benzene rings is 1. The van der Waals surface area contributed by atoms with Crippen LogP contribution in [0.4, 0.5) is 8.78 Å². The molecule has 5 nitrogen and oxygen atoms in total. The highest BCUT2D eigenvalue weighted by atomic mass is 79.9. The molecule has 0 saturated carbocycles. The van der Waals surface area contributed by atoms with Gasteiger partial charge in [0, 0.05) is 11.0 Å². The first-order valence-corrected chi connectivity index (χ1v) is 8.15. The molecule has 0 fully saturated rings. The molecule has 0 atom stereocenters. The van der Waals surface area contributed by atoms with Crippen molar-refractivity contribution in [1.82, 2.24) is 19.3 Å². The summed E-state index contributed by atoms with van der Waals surface area (Å²) in [5, 5.41) is 7.18. The number of halogens is 4. The van der Waals surface area contributed by atoms with Gasteiger partial charge in [0.1, 0.15) is 0 Å². The fourth-order valence-corrected chi connectivity index (χ4v) is 3.79. The van der Waals surface area contributed by atoms with E-state index in [1.165, 1.54) is 9.13 Å². The second-order valence-electron chi connectivity index (χ2n) is 4.34. The molecule has 116 valence electrons. The van der Waals surface area contributed by atoms with Crippen LogP contribution in [0.5, 0.6) is 0 Å². The molecule has 0 amide bonds. The van der Waals surface area contributed by atoms with E-state index in [2.05, 4.69) is 26.1 Å². The summed E-state index contributed by atoms with van der Waals surface area (Å²) in [5.41, 5.74) is 0.629. The molecule has 0 radical (unpaired) electrons. The van der Waals surface area contributed by atoms with Crippen molar-refractivity contribution < 1.29 is 8.78 Å². The number of nitrogens with zero attached hydrogens (tertiary/aromatic N) is 4. The minimum Gasteiger partial charge on any atom is -0.290 e. The Morgan fingerprint density at radius 3 is 2.73 bits per heavy atom. The van der Waals surface area contributed by atoms with Crippen molar-refractivity contribution in [1.29, 1.82) is 0 Å². The van der Waals surface area contributed by atoms with Gasteiger partial charge in [-0.25, -0.2) is 18.1 Å². The predicted octanol–water partition coefficient (Wildman–Crippen LogP) is 4.02. The SMILES string of the molecule is CCn1c(=O)n(-c2nnc(C(F)F)s2)c2cc(Br)cc(Cl)c21. The van der Waals surface area contributed by atoms with E-state index in [1.54, 1.807) is 19.1 Å². The van der Waals surface area contributed by atoms with Crippen LogP contribution in [0.3, 0.4) is 0 Å². The van der Waals surface area contributed by atoms with Gasteiger partial charge in [0.25, 0.3) is 6.43 Å². The Morgan fingerprint density at radius 2 is 2.14 bits per heavy atom.